The molecule has 0 radical (unpaired) electrons. The first-order valence-electron chi connectivity index (χ1n) is 8.11. The lowest BCUT2D eigenvalue weighted by atomic mass is 10.2. The number of nitrogens with one attached hydrogen (secondary N) is 1. The number of nitrogens with zero attached hydrogens (tertiary/aromatic N) is 4. The molecule has 2 heterocycles. The molecule has 27 heavy (non-hydrogen) atoms. The van der Waals surface area contributed by atoms with E-state index >= 15 is 0 Å². The maximum Gasteiger partial charge on any atom is 0.269 e. The molecule has 2 aromatic heterocycles. The van der Waals surface area contributed by atoms with Crippen LogP contribution < -0.4 is 10.3 Å². The van der Waals surface area contributed by atoms with Crippen LogP contribution in [0.3, 0.4) is 0 Å². The summed E-state index contributed by atoms with van der Waals surface area (Å²) >= 11 is 7.28. The summed E-state index contributed by atoms with van der Waals surface area (Å²) in [5, 5.41) is 8.27. The summed E-state index contributed by atoms with van der Waals surface area (Å²) in [4.78, 5) is 21.6. The summed E-state index contributed by atoms with van der Waals surface area (Å²) in [6.45, 7) is 0.450. The Balaban J connectivity index is 1.57. The Labute approximate surface area is 163 Å². The number of thioether (sulfide) groups is 1. The predicted octanol–water partition coefficient (Wildman–Crippen LogP) is 3.33. The van der Waals surface area contributed by atoms with Gasteiger partial charge in [-0.15, -0.1) is 0 Å². The minimum atomic E-state index is -0.196. The highest BCUT2D eigenvalue weighted by Gasteiger charge is 2.15. The minimum Gasteiger partial charge on any atom is -0.493 e. The lowest BCUT2D eigenvalue weighted by molar-refractivity contribution is 0.344. The molecule has 7 nitrogen and oxygen atoms in total. The smallest absolute Gasteiger partial charge is 0.269 e. The predicted molar refractivity (Wildman–Crippen MR) is 105 cm³/mol. The van der Waals surface area contributed by atoms with Crippen LogP contribution in [0.15, 0.2) is 64.8 Å². The summed E-state index contributed by atoms with van der Waals surface area (Å²) in [6, 6.07) is 14.4. The fraction of sp³-hybridized carbons (Fsp3) is 0.111. The van der Waals surface area contributed by atoms with E-state index < -0.39 is 0 Å². The Hall–Kier alpha value is -2.84. The molecule has 2 aromatic carbocycles. The van der Waals surface area contributed by atoms with Crippen molar-refractivity contribution in [1.29, 1.82) is 0 Å². The molecule has 0 saturated carbocycles. The molecular formula is C18H14ClN5O2S. The molecule has 0 amide bonds. The number of ether oxygens (including phenoxy) is 1. The fourth-order valence-electron chi connectivity index (χ4n) is 2.53. The highest BCUT2D eigenvalue weighted by Crippen LogP contribution is 2.20. The van der Waals surface area contributed by atoms with E-state index in [1.807, 2.05) is 30.3 Å². The minimum absolute atomic E-state index is 0.196. The van der Waals surface area contributed by atoms with Crippen molar-refractivity contribution in [3.63, 3.8) is 0 Å². The fourth-order valence-corrected chi connectivity index (χ4v) is 3.46. The van der Waals surface area contributed by atoms with Gasteiger partial charge in [-0.2, -0.15) is 10.1 Å². The van der Waals surface area contributed by atoms with Crippen LogP contribution in [-0.2, 0) is 0 Å². The lowest BCUT2D eigenvalue weighted by Gasteiger charge is -2.11. The second-order valence-electron chi connectivity index (χ2n) is 5.51. The van der Waals surface area contributed by atoms with Gasteiger partial charge in [-0.1, -0.05) is 35.5 Å². The van der Waals surface area contributed by atoms with Crippen LogP contribution in [0.1, 0.15) is 0 Å². The Morgan fingerprint density at radius 1 is 1.15 bits per heavy atom. The molecule has 9 heteroatoms. The average molecular weight is 400 g/mol. The summed E-state index contributed by atoms with van der Waals surface area (Å²) < 4.78 is 7.13. The number of aromatic amines is 1. The number of para-hydroxylation sites is 1. The number of H-pyrrole nitrogens is 1. The van der Waals surface area contributed by atoms with Gasteiger partial charge in [-0.3, -0.25) is 4.79 Å². The van der Waals surface area contributed by atoms with E-state index in [4.69, 9.17) is 16.3 Å². The summed E-state index contributed by atoms with van der Waals surface area (Å²) in [5.74, 6) is 1.67. The molecule has 4 rings (SSSR count). The molecule has 4 aromatic rings. The highest BCUT2D eigenvalue weighted by atomic mass is 35.5. The van der Waals surface area contributed by atoms with Crippen molar-refractivity contribution < 1.29 is 4.74 Å². The Morgan fingerprint density at radius 3 is 2.74 bits per heavy atom. The van der Waals surface area contributed by atoms with Crippen LogP contribution in [0, 0.1) is 0 Å². The van der Waals surface area contributed by atoms with Gasteiger partial charge < -0.3 is 4.74 Å². The van der Waals surface area contributed by atoms with Gasteiger partial charge in [0.25, 0.3) is 5.56 Å². The summed E-state index contributed by atoms with van der Waals surface area (Å²) in [5.41, 5.74) is 0.442. The molecule has 0 spiro atoms. The summed E-state index contributed by atoms with van der Waals surface area (Å²) in [7, 11) is 0. The van der Waals surface area contributed by atoms with Gasteiger partial charge in [-0.05, 0) is 36.4 Å². The Kier molecular flexibility index (Phi) is 5.08. The van der Waals surface area contributed by atoms with Gasteiger partial charge in [-0.25, -0.2) is 14.6 Å². The van der Waals surface area contributed by atoms with Gasteiger partial charge >= 0.3 is 0 Å². The van der Waals surface area contributed by atoms with Crippen molar-refractivity contribution in [1.82, 2.24) is 24.7 Å². The number of fused-ring (bicyclic) bond motifs is 1. The van der Waals surface area contributed by atoms with Crippen LogP contribution in [0.4, 0.5) is 0 Å². The van der Waals surface area contributed by atoms with Gasteiger partial charge in [0, 0.05) is 10.8 Å². The van der Waals surface area contributed by atoms with E-state index in [-0.39, 0.29) is 5.56 Å². The summed E-state index contributed by atoms with van der Waals surface area (Å²) in [6.07, 6.45) is 1.36. The van der Waals surface area contributed by atoms with Crippen LogP contribution in [0.25, 0.3) is 16.9 Å². The zero-order valence-electron chi connectivity index (χ0n) is 14.0. The van der Waals surface area contributed by atoms with Crippen molar-refractivity contribution in [2.45, 2.75) is 5.16 Å². The zero-order chi connectivity index (χ0) is 18.6. The topological polar surface area (TPSA) is 85.7 Å². The lowest BCUT2D eigenvalue weighted by Crippen LogP contribution is -2.23. The number of halogens is 1. The monoisotopic (exact) mass is 399 g/mol. The highest BCUT2D eigenvalue weighted by molar-refractivity contribution is 7.99. The van der Waals surface area contributed by atoms with E-state index in [2.05, 4.69) is 20.2 Å². The number of rotatable bonds is 6. The van der Waals surface area contributed by atoms with Crippen LogP contribution in [0.2, 0.25) is 5.02 Å². The van der Waals surface area contributed by atoms with Gasteiger partial charge in [0.05, 0.1) is 17.5 Å². The number of benzene rings is 2. The molecule has 1 N–H and O–H groups in total. The average Bonchev–Trinajstić information content (AvgIpc) is 3.21. The van der Waals surface area contributed by atoms with E-state index in [1.165, 1.54) is 22.7 Å². The zero-order valence-corrected chi connectivity index (χ0v) is 15.6. The molecule has 0 fully saturated rings. The van der Waals surface area contributed by atoms with Gasteiger partial charge in [0.15, 0.2) is 5.16 Å². The molecule has 0 unspecified atom stereocenters. The van der Waals surface area contributed by atoms with Crippen LogP contribution >= 0.6 is 23.4 Å². The van der Waals surface area contributed by atoms with Crippen molar-refractivity contribution in [3.8, 4) is 11.7 Å². The number of aromatic nitrogens is 5. The quantitative estimate of drug-likeness (QED) is 0.304. The van der Waals surface area contributed by atoms with Crippen LogP contribution in [-0.4, -0.2) is 37.1 Å². The Morgan fingerprint density at radius 2 is 1.96 bits per heavy atom. The van der Waals surface area contributed by atoms with E-state index in [1.54, 1.807) is 18.2 Å². The molecular weight excluding hydrogens is 386 g/mol. The first-order valence-corrected chi connectivity index (χ1v) is 9.47. The van der Waals surface area contributed by atoms with Crippen molar-refractivity contribution in [2.24, 2.45) is 0 Å². The number of hydrogen-bond donors (Lipinski definition) is 1. The third kappa shape index (κ3) is 3.81. The SMILES string of the molecule is O=c1c2ccccc2nc(SCCOc2ccc(Cl)cc2)n1-c1ncn[nH]1. The maximum atomic E-state index is 12.9. The molecule has 0 aliphatic rings. The maximum absolute atomic E-state index is 12.9. The first-order chi connectivity index (χ1) is 13.2. The molecule has 0 aliphatic carbocycles. The molecule has 0 bridgehead atoms. The van der Waals surface area contributed by atoms with E-state index in [0.29, 0.717) is 39.4 Å². The molecule has 0 atom stereocenters. The third-order valence-electron chi connectivity index (χ3n) is 3.76. The standard InChI is InChI=1S/C18H14ClN5O2S/c19-12-5-7-13(8-6-12)26-9-10-27-18-22-15-4-2-1-3-14(15)16(25)24(18)17-20-11-21-23-17/h1-8,11H,9-10H2,(H,20,21,23). The van der Waals surface area contributed by atoms with Crippen molar-refractivity contribution in [2.75, 3.05) is 12.4 Å². The van der Waals surface area contributed by atoms with Crippen LogP contribution in [0.5, 0.6) is 5.75 Å². The molecule has 136 valence electrons. The van der Waals surface area contributed by atoms with Gasteiger partial charge in [0.1, 0.15) is 12.1 Å². The molecule has 0 saturated heterocycles. The normalized spacial score (nSPS) is 11.0. The Bertz CT molecular complexity index is 1110. The first kappa shape index (κ1) is 17.6. The second-order valence-corrected chi connectivity index (χ2v) is 7.01. The van der Waals surface area contributed by atoms with Gasteiger partial charge in [0.2, 0.25) is 5.95 Å². The van der Waals surface area contributed by atoms with Crippen molar-refractivity contribution >= 4 is 34.3 Å². The third-order valence-corrected chi connectivity index (χ3v) is 4.91. The largest absolute Gasteiger partial charge is 0.493 e. The second kappa shape index (κ2) is 7.81. The van der Waals surface area contributed by atoms with E-state index in [9.17, 15) is 4.79 Å². The number of hydrogen-bond acceptors (Lipinski definition) is 6. The van der Waals surface area contributed by atoms with Crippen molar-refractivity contribution in [3.05, 3.63) is 70.2 Å². The molecule has 0 aliphatic heterocycles. The van der Waals surface area contributed by atoms with E-state index in [0.717, 1.165) is 5.75 Å².